The summed E-state index contributed by atoms with van der Waals surface area (Å²) in [5.41, 5.74) is 3.54. The van der Waals surface area contributed by atoms with Gasteiger partial charge in [0.2, 0.25) is 5.91 Å². The third-order valence-corrected chi connectivity index (χ3v) is 9.45. The predicted octanol–water partition coefficient (Wildman–Crippen LogP) is 7.74. The number of rotatable bonds is 9. The van der Waals surface area contributed by atoms with Gasteiger partial charge in [-0.25, -0.2) is 8.42 Å². The minimum absolute atomic E-state index is 0.0918. The van der Waals surface area contributed by atoms with Gasteiger partial charge < -0.3 is 5.32 Å². The Labute approximate surface area is 237 Å². The lowest BCUT2D eigenvalue weighted by atomic mass is 10.2. The van der Waals surface area contributed by atoms with Gasteiger partial charge >= 0.3 is 0 Å². The van der Waals surface area contributed by atoms with E-state index in [1.807, 2.05) is 49.4 Å². The van der Waals surface area contributed by atoms with Crippen LogP contribution in [0.25, 0.3) is 0 Å². The monoisotopic (exact) mass is 584 g/mol. The van der Waals surface area contributed by atoms with E-state index in [-0.39, 0.29) is 4.90 Å². The van der Waals surface area contributed by atoms with E-state index < -0.39 is 22.5 Å². The molecule has 0 spiro atoms. The summed E-state index contributed by atoms with van der Waals surface area (Å²) in [4.78, 5) is 14.3. The summed E-state index contributed by atoms with van der Waals surface area (Å²) in [6.45, 7) is 3.19. The first-order chi connectivity index (χ1) is 18.1. The molecule has 0 aliphatic heterocycles. The zero-order chi connectivity index (χ0) is 27.3. The van der Waals surface area contributed by atoms with Gasteiger partial charge in [0.05, 0.1) is 16.3 Å². The smallest absolute Gasteiger partial charge is 0.264 e. The second-order valence-corrected chi connectivity index (χ2v) is 12.4. The van der Waals surface area contributed by atoms with Gasteiger partial charge in [0.15, 0.2) is 0 Å². The van der Waals surface area contributed by atoms with Crippen molar-refractivity contribution in [2.24, 2.45) is 0 Å². The van der Waals surface area contributed by atoms with Gasteiger partial charge in [0.25, 0.3) is 10.0 Å². The second kappa shape index (κ2) is 12.3. The number of aryl methyl sites for hydroxylation is 1. The third-order valence-electron chi connectivity index (χ3n) is 5.87. The van der Waals surface area contributed by atoms with Crippen molar-refractivity contribution in [2.75, 3.05) is 16.2 Å². The number of carbonyl (C=O) groups is 1. The fraction of sp³-hybridized carbons (Fsp3) is 0.138. The van der Waals surface area contributed by atoms with Crippen LogP contribution in [0.2, 0.25) is 10.0 Å². The van der Waals surface area contributed by atoms with Crippen molar-refractivity contribution in [1.82, 2.24) is 0 Å². The molecule has 0 aromatic heterocycles. The standard InChI is InChI=1S/C29H26Cl2N2O3S2/c1-20-10-16-24(17-11-20)38(35,36)33(27-8-5-6-25(31)21(27)2)18-29(34)32-26-7-3-4-9-28(26)37-19-22-12-14-23(30)15-13-22/h3-17H,18-19H2,1-2H3,(H,32,34). The first-order valence-electron chi connectivity index (χ1n) is 11.8. The van der Waals surface area contributed by atoms with Gasteiger partial charge in [-0.3, -0.25) is 9.10 Å². The van der Waals surface area contributed by atoms with Crippen molar-refractivity contribution in [3.63, 3.8) is 0 Å². The highest BCUT2D eigenvalue weighted by atomic mass is 35.5. The lowest BCUT2D eigenvalue weighted by molar-refractivity contribution is -0.114. The molecule has 0 heterocycles. The summed E-state index contributed by atoms with van der Waals surface area (Å²) < 4.78 is 28.6. The molecule has 0 radical (unpaired) electrons. The number of thioether (sulfide) groups is 1. The van der Waals surface area contributed by atoms with Crippen LogP contribution in [-0.2, 0) is 20.6 Å². The molecule has 1 N–H and O–H groups in total. The van der Waals surface area contributed by atoms with Crippen molar-refractivity contribution in [3.8, 4) is 0 Å². The number of carbonyl (C=O) groups excluding carboxylic acids is 1. The zero-order valence-corrected chi connectivity index (χ0v) is 24.0. The summed E-state index contributed by atoms with van der Waals surface area (Å²) >= 11 is 13.9. The van der Waals surface area contributed by atoms with Crippen molar-refractivity contribution < 1.29 is 13.2 Å². The fourth-order valence-electron chi connectivity index (χ4n) is 3.76. The average Bonchev–Trinajstić information content (AvgIpc) is 2.90. The van der Waals surface area contributed by atoms with E-state index in [0.29, 0.717) is 32.7 Å². The van der Waals surface area contributed by atoms with E-state index in [0.717, 1.165) is 20.3 Å². The highest BCUT2D eigenvalue weighted by Crippen LogP contribution is 2.32. The lowest BCUT2D eigenvalue weighted by Crippen LogP contribution is -2.38. The van der Waals surface area contributed by atoms with E-state index in [2.05, 4.69) is 5.32 Å². The maximum absolute atomic E-state index is 13.7. The normalized spacial score (nSPS) is 11.3. The van der Waals surface area contributed by atoms with Crippen LogP contribution in [0.3, 0.4) is 0 Å². The average molecular weight is 586 g/mol. The largest absolute Gasteiger partial charge is 0.323 e. The molecule has 0 saturated heterocycles. The molecule has 5 nitrogen and oxygen atoms in total. The Morgan fingerprint density at radius 2 is 1.55 bits per heavy atom. The van der Waals surface area contributed by atoms with Crippen molar-refractivity contribution >= 4 is 62.3 Å². The fourth-order valence-corrected chi connectivity index (χ4v) is 6.50. The Bertz CT molecular complexity index is 1540. The van der Waals surface area contributed by atoms with Crippen LogP contribution in [0.15, 0.2) is 101 Å². The van der Waals surface area contributed by atoms with Gasteiger partial charge in [-0.1, -0.05) is 71.2 Å². The Morgan fingerprint density at radius 3 is 2.26 bits per heavy atom. The third kappa shape index (κ3) is 6.72. The van der Waals surface area contributed by atoms with Crippen LogP contribution in [0, 0.1) is 13.8 Å². The summed E-state index contributed by atoms with van der Waals surface area (Å²) in [5, 5.41) is 3.99. The van der Waals surface area contributed by atoms with Crippen LogP contribution in [0.1, 0.15) is 16.7 Å². The number of amides is 1. The van der Waals surface area contributed by atoms with Gasteiger partial charge in [-0.2, -0.15) is 0 Å². The summed E-state index contributed by atoms with van der Waals surface area (Å²) in [5.74, 6) is 0.208. The molecule has 0 aliphatic carbocycles. The molecule has 4 aromatic carbocycles. The SMILES string of the molecule is Cc1ccc(S(=O)(=O)N(CC(=O)Nc2ccccc2SCc2ccc(Cl)cc2)c2cccc(Cl)c2C)cc1. The molecule has 0 unspecified atom stereocenters. The number of benzene rings is 4. The first-order valence-corrected chi connectivity index (χ1v) is 14.9. The van der Waals surface area contributed by atoms with Gasteiger partial charge in [0.1, 0.15) is 6.54 Å². The van der Waals surface area contributed by atoms with Crippen LogP contribution >= 0.6 is 35.0 Å². The molecule has 0 saturated carbocycles. The van der Waals surface area contributed by atoms with Crippen molar-refractivity contribution in [1.29, 1.82) is 0 Å². The highest BCUT2D eigenvalue weighted by molar-refractivity contribution is 7.98. The molecule has 0 bridgehead atoms. The molecular weight excluding hydrogens is 559 g/mol. The van der Waals surface area contributed by atoms with Crippen LogP contribution in [-0.4, -0.2) is 20.9 Å². The Balaban J connectivity index is 1.60. The molecule has 9 heteroatoms. The molecule has 0 fully saturated rings. The maximum atomic E-state index is 13.7. The van der Waals surface area contributed by atoms with Crippen LogP contribution in [0.5, 0.6) is 0 Å². The first kappa shape index (κ1) is 28.0. The number of anilines is 2. The number of para-hydroxylation sites is 1. The van der Waals surface area contributed by atoms with E-state index in [9.17, 15) is 13.2 Å². The minimum atomic E-state index is -4.06. The van der Waals surface area contributed by atoms with E-state index in [1.165, 1.54) is 12.1 Å². The number of nitrogens with zero attached hydrogens (tertiary/aromatic N) is 1. The lowest BCUT2D eigenvalue weighted by Gasteiger charge is -2.26. The van der Waals surface area contributed by atoms with Gasteiger partial charge in [-0.15, -0.1) is 11.8 Å². The van der Waals surface area contributed by atoms with Crippen molar-refractivity contribution in [2.45, 2.75) is 29.4 Å². The molecule has 0 atom stereocenters. The predicted molar refractivity (Wildman–Crippen MR) is 158 cm³/mol. The molecule has 1 amide bonds. The Hall–Kier alpha value is -2.97. The number of hydrogen-bond acceptors (Lipinski definition) is 4. The van der Waals surface area contributed by atoms with E-state index in [1.54, 1.807) is 55.1 Å². The second-order valence-electron chi connectivity index (χ2n) is 8.67. The Kier molecular flexibility index (Phi) is 9.05. The van der Waals surface area contributed by atoms with Crippen LogP contribution < -0.4 is 9.62 Å². The number of sulfonamides is 1. The summed E-state index contributed by atoms with van der Waals surface area (Å²) in [6.07, 6.45) is 0. The maximum Gasteiger partial charge on any atom is 0.264 e. The zero-order valence-electron chi connectivity index (χ0n) is 20.8. The van der Waals surface area contributed by atoms with Crippen molar-refractivity contribution in [3.05, 3.63) is 118 Å². The van der Waals surface area contributed by atoms with Crippen LogP contribution in [0.4, 0.5) is 11.4 Å². The molecule has 196 valence electrons. The van der Waals surface area contributed by atoms with Gasteiger partial charge in [0, 0.05) is 20.7 Å². The number of hydrogen-bond donors (Lipinski definition) is 1. The summed E-state index contributed by atoms with van der Waals surface area (Å²) in [6, 6.07) is 26.6. The molecule has 4 aromatic rings. The topological polar surface area (TPSA) is 66.5 Å². The Morgan fingerprint density at radius 1 is 0.868 bits per heavy atom. The van der Waals surface area contributed by atoms with E-state index in [4.69, 9.17) is 23.2 Å². The highest BCUT2D eigenvalue weighted by Gasteiger charge is 2.29. The molecule has 0 aliphatic rings. The number of halogens is 2. The molecule has 4 rings (SSSR count). The summed E-state index contributed by atoms with van der Waals surface area (Å²) in [7, 11) is -4.06. The molecular formula is C29H26Cl2N2O3S2. The molecule has 38 heavy (non-hydrogen) atoms. The quantitative estimate of drug-likeness (QED) is 0.204. The minimum Gasteiger partial charge on any atom is -0.323 e. The number of nitrogens with one attached hydrogen (secondary N) is 1. The van der Waals surface area contributed by atoms with Gasteiger partial charge in [-0.05, 0) is 73.5 Å². The van der Waals surface area contributed by atoms with E-state index >= 15 is 0 Å².